The molecule has 0 rings (SSSR count). The zero-order valence-corrected chi connectivity index (χ0v) is 14.1. The molecule has 108 valence electrons. The van der Waals surface area contributed by atoms with E-state index < -0.39 is 0 Å². The van der Waals surface area contributed by atoms with Crippen LogP contribution in [0.3, 0.4) is 0 Å². The molecule has 0 unspecified atom stereocenters. The van der Waals surface area contributed by atoms with Crippen LogP contribution < -0.4 is 5.32 Å². The molecule has 0 aliphatic heterocycles. The summed E-state index contributed by atoms with van der Waals surface area (Å²) in [6.45, 7) is 9.59. The van der Waals surface area contributed by atoms with Gasteiger partial charge in [0, 0.05) is 12.1 Å². The Kier molecular flexibility index (Phi) is 16.8. The molecule has 0 saturated carbocycles. The van der Waals surface area contributed by atoms with Gasteiger partial charge in [0.2, 0.25) is 0 Å². The Hall–Kier alpha value is -0.100. The lowest BCUT2D eigenvalue weighted by atomic mass is 10.1. The van der Waals surface area contributed by atoms with E-state index in [1.807, 2.05) is 0 Å². The predicted molar refractivity (Wildman–Crippen MR) is 87.4 cm³/mol. The van der Waals surface area contributed by atoms with Gasteiger partial charge in [-0.3, -0.25) is 0 Å². The van der Waals surface area contributed by atoms with Crippen molar-refractivity contribution >= 4 is 29.9 Å². The van der Waals surface area contributed by atoms with E-state index in [0.717, 1.165) is 13.1 Å². The van der Waals surface area contributed by atoms with E-state index >= 15 is 0 Å². The van der Waals surface area contributed by atoms with E-state index in [4.69, 9.17) is 4.74 Å². The van der Waals surface area contributed by atoms with Gasteiger partial charge < -0.3 is 10.1 Å². The highest BCUT2D eigenvalue weighted by Crippen LogP contribution is 2.03. The summed E-state index contributed by atoms with van der Waals surface area (Å²) in [4.78, 5) is 11.0. The van der Waals surface area contributed by atoms with E-state index in [1.165, 1.54) is 38.5 Å². The molecule has 3 nitrogen and oxygen atoms in total. The number of carbonyl (C=O) groups is 1. The third kappa shape index (κ3) is 14.0. The lowest BCUT2D eigenvalue weighted by Gasteiger charge is -2.06. The van der Waals surface area contributed by atoms with Crippen LogP contribution in [0.15, 0.2) is 12.2 Å². The Labute approximate surface area is 129 Å². The SMILES string of the molecule is C=C(C)C(=O)OCCNCCCCCCCC.I. The number of hydrogen-bond acceptors (Lipinski definition) is 3. The average Bonchev–Trinajstić information content (AvgIpc) is 2.31. The van der Waals surface area contributed by atoms with Gasteiger partial charge in [0.1, 0.15) is 6.61 Å². The maximum atomic E-state index is 11.0. The van der Waals surface area contributed by atoms with Crippen LogP contribution in [0, 0.1) is 0 Å². The number of carbonyl (C=O) groups excluding carboxylic acids is 1. The zero-order chi connectivity index (χ0) is 12.9. The first-order valence-electron chi connectivity index (χ1n) is 6.71. The number of ether oxygens (including phenoxy) is 1. The first-order valence-corrected chi connectivity index (χ1v) is 6.71. The van der Waals surface area contributed by atoms with Crippen LogP contribution in [0.2, 0.25) is 0 Å². The van der Waals surface area contributed by atoms with Gasteiger partial charge in [0.05, 0.1) is 0 Å². The van der Waals surface area contributed by atoms with Gasteiger partial charge in [-0.15, -0.1) is 24.0 Å². The molecule has 0 fully saturated rings. The molecule has 0 saturated heterocycles. The molecule has 0 aromatic carbocycles. The summed E-state index contributed by atoms with van der Waals surface area (Å²) in [5.74, 6) is -0.300. The Morgan fingerprint density at radius 1 is 1.11 bits per heavy atom. The van der Waals surface area contributed by atoms with Crippen molar-refractivity contribution in [2.75, 3.05) is 19.7 Å². The molecule has 1 N–H and O–H groups in total. The van der Waals surface area contributed by atoms with Crippen molar-refractivity contribution in [1.29, 1.82) is 0 Å². The highest BCUT2D eigenvalue weighted by Gasteiger charge is 2.01. The Bertz CT molecular complexity index is 220. The lowest BCUT2D eigenvalue weighted by molar-refractivity contribution is -0.138. The second-order valence-electron chi connectivity index (χ2n) is 4.43. The van der Waals surface area contributed by atoms with Gasteiger partial charge >= 0.3 is 5.97 Å². The highest BCUT2D eigenvalue weighted by atomic mass is 127. The van der Waals surface area contributed by atoms with E-state index in [9.17, 15) is 4.79 Å². The number of nitrogens with one attached hydrogen (secondary N) is 1. The molecule has 0 aliphatic rings. The fraction of sp³-hybridized carbons (Fsp3) is 0.786. The standard InChI is InChI=1S/C14H27NO2.HI/c1-4-5-6-7-8-9-10-15-11-12-17-14(16)13(2)3;/h15H,2,4-12H2,1,3H3;1H. The van der Waals surface area contributed by atoms with Gasteiger partial charge in [0.25, 0.3) is 0 Å². The molecule has 4 heteroatoms. The molecule has 0 aliphatic carbocycles. The molecular weight excluding hydrogens is 341 g/mol. The van der Waals surface area contributed by atoms with Crippen molar-refractivity contribution in [1.82, 2.24) is 5.32 Å². The molecule has 0 atom stereocenters. The largest absolute Gasteiger partial charge is 0.461 e. The second kappa shape index (κ2) is 15.0. The molecule has 0 radical (unpaired) electrons. The fourth-order valence-corrected chi connectivity index (χ4v) is 1.49. The Balaban J connectivity index is 0. The summed E-state index contributed by atoms with van der Waals surface area (Å²) < 4.78 is 4.96. The smallest absolute Gasteiger partial charge is 0.333 e. The minimum Gasteiger partial charge on any atom is -0.461 e. The molecule has 0 heterocycles. The molecule has 0 amide bonds. The summed E-state index contributed by atoms with van der Waals surface area (Å²) >= 11 is 0. The molecule has 0 bridgehead atoms. The zero-order valence-electron chi connectivity index (χ0n) is 11.8. The number of esters is 1. The minimum atomic E-state index is -0.300. The average molecular weight is 369 g/mol. The topological polar surface area (TPSA) is 38.3 Å². The summed E-state index contributed by atoms with van der Waals surface area (Å²) in [7, 11) is 0. The monoisotopic (exact) mass is 369 g/mol. The lowest BCUT2D eigenvalue weighted by Crippen LogP contribution is -2.22. The van der Waals surface area contributed by atoms with E-state index in [0.29, 0.717) is 12.2 Å². The van der Waals surface area contributed by atoms with Crippen molar-refractivity contribution in [3.05, 3.63) is 12.2 Å². The van der Waals surface area contributed by atoms with E-state index in [2.05, 4.69) is 18.8 Å². The van der Waals surface area contributed by atoms with Gasteiger partial charge in [-0.1, -0.05) is 45.6 Å². The van der Waals surface area contributed by atoms with E-state index in [1.54, 1.807) is 6.92 Å². The van der Waals surface area contributed by atoms with Gasteiger partial charge in [-0.25, -0.2) is 4.79 Å². The Morgan fingerprint density at radius 2 is 1.72 bits per heavy atom. The number of rotatable bonds is 11. The molecular formula is C14H28INO2. The minimum absolute atomic E-state index is 0. The van der Waals surface area contributed by atoms with Gasteiger partial charge in [-0.05, 0) is 19.9 Å². The molecule has 0 aromatic rings. The van der Waals surface area contributed by atoms with Crippen molar-refractivity contribution in [3.8, 4) is 0 Å². The first kappa shape index (κ1) is 20.2. The van der Waals surface area contributed by atoms with Crippen LogP contribution in [0.4, 0.5) is 0 Å². The number of hydrogen-bond donors (Lipinski definition) is 1. The quantitative estimate of drug-likeness (QED) is 0.261. The Morgan fingerprint density at radius 3 is 2.33 bits per heavy atom. The predicted octanol–water partition coefficient (Wildman–Crippen LogP) is 3.67. The van der Waals surface area contributed by atoms with Gasteiger partial charge in [0.15, 0.2) is 0 Å². The van der Waals surface area contributed by atoms with Crippen molar-refractivity contribution in [3.63, 3.8) is 0 Å². The van der Waals surface area contributed by atoms with Crippen LogP contribution >= 0.6 is 24.0 Å². The first-order chi connectivity index (χ1) is 8.18. The molecule has 0 spiro atoms. The third-order valence-electron chi connectivity index (χ3n) is 2.57. The number of halogens is 1. The fourth-order valence-electron chi connectivity index (χ4n) is 1.49. The van der Waals surface area contributed by atoms with Crippen molar-refractivity contribution < 1.29 is 9.53 Å². The van der Waals surface area contributed by atoms with Crippen LogP contribution in [-0.2, 0) is 9.53 Å². The number of unbranched alkanes of at least 4 members (excludes halogenated alkanes) is 5. The van der Waals surface area contributed by atoms with Gasteiger partial charge in [-0.2, -0.15) is 0 Å². The van der Waals surface area contributed by atoms with Crippen LogP contribution in [0.1, 0.15) is 52.4 Å². The highest BCUT2D eigenvalue weighted by molar-refractivity contribution is 14.0. The maximum absolute atomic E-state index is 11.0. The maximum Gasteiger partial charge on any atom is 0.333 e. The normalized spacial score (nSPS) is 9.67. The summed E-state index contributed by atoms with van der Waals surface area (Å²) in [5, 5.41) is 3.26. The van der Waals surface area contributed by atoms with E-state index in [-0.39, 0.29) is 29.9 Å². The third-order valence-corrected chi connectivity index (χ3v) is 2.57. The summed E-state index contributed by atoms with van der Waals surface area (Å²) in [5.41, 5.74) is 0.459. The summed E-state index contributed by atoms with van der Waals surface area (Å²) in [6, 6.07) is 0. The van der Waals surface area contributed by atoms with Crippen LogP contribution in [0.5, 0.6) is 0 Å². The summed E-state index contributed by atoms with van der Waals surface area (Å²) in [6.07, 6.45) is 7.83. The molecule has 18 heavy (non-hydrogen) atoms. The van der Waals surface area contributed by atoms with Crippen molar-refractivity contribution in [2.24, 2.45) is 0 Å². The second-order valence-corrected chi connectivity index (χ2v) is 4.43. The van der Waals surface area contributed by atoms with Crippen LogP contribution in [0.25, 0.3) is 0 Å². The van der Waals surface area contributed by atoms with Crippen LogP contribution in [-0.4, -0.2) is 25.7 Å². The van der Waals surface area contributed by atoms with Crippen molar-refractivity contribution in [2.45, 2.75) is 52.4 Å². The molecule has 0 aromatic heterocycles.